The molecule has 17 heavy (non-hydrogen) atoms. The second-order valence-corrected chi connectivity index (χ2v) is 5.56. The lowest BCUT2D eigenvalue weighted by Crippen LogP contribution is -1.94. The molecule has 0 spiro atoms. The highest BCUT2D eigenvalue weighted by Gasteiger charge is 2.10. The van der Waals surface area contributed by atoms with Crippen LogP contribution in [0.5, 0.6) is 0 Å². The van der Waals surface area contributed by atoms with Gasteiger partial charge in [0, 0.05) is 28.4 Å². The monoisotopic (exact) mass is 267 g/mol. The molecule has 1 unspecified atom stereocenters. The summed E-state index contributed by atoms with van der Waals surface area (Å²) < 4.78 is 0. The normalized spacial score (nSPS) is 12.6. The van der Waals surface area contributed by atoms with E-state index in [-0.39, 0.29) is 12.5 Å². The van der Waals surface area contributed by atoms with Gasteiger partial charge in [-0.2, -0.15) is 0 Å². The largest absolute Gasteiger partial charge is 0.396 e. The maximum absolute atomic E-state index is 9.09. The van der Waals surface area contributed by atoms with Gasteiger partial charge in [0.05, 0.1) is 11.6 Å². The summed E-state index contributed by atoms with van der Waals surface area (Å²) in [4.78, 5) is 5.49. The fourth-order valence-corrected chi connectivity index (χ4v) is 2.72. The van der Waals surface area contributed by atoms with Crippen molar-refractivity contribution in [1.29, 1.82) is 0 Å². The molecule has 0 bridgehead atoms. The Morgan fingerprint density at radius 3 is 2.88 bits per heavy atom. The zero-order valence-electron chi connectivity index (χ0n) is 9.56. The van der Waals surface area contributed by atoms with Crippen molar-refractivity contribution < 1.29 is 5.11 Å². The Morgan fingerprint density at radius 2 is 2.18 bits per heavy atom. The predicted molar refractivity (Wildman–Crippen MR) is 71.9 cm³/mol. The number of nitrogens with zero attached hydrogens (tertiary/aromatic N) is 1. The zero-order chi connectivity index (χ0) is 12.3. The summed E-state index contributed by atoms with van der Waals surface area (Å²) in [5.41, 5.74) is 1.09. The molecule has 0 fully saturated rings. The minimum absolute atomic E-state index is 0.160. The van der Waals surface area contributed by atoms with Crippen molar-refractivity contribution in [3.05, 3.63) is 50.9 Å². The molecule has 1 atom stereocenters. The number of aliphatic hydroxyl groups excluding tert-OH is 1. The van der Waals surface area contributed by atoms with Gasteiger partial charge in [0.2, 0.25) is 0 Å². The number of halogens is 1. The van der Waals surface area contributed by atoms with E-state index >= 15 is 0 Å². The molecule has 2 aromatic rings. The Balaban J connectivity index is 2.14. The van der Waals surface area contributed by atoms with Crippen LogP contribution in [0, 0.1) is 0 Å². The fourth-order valence-electron chi connectivity index (χ4n) is 1.53. The molecular formula is C13H14ClNOS. The van der Waals surface area contributed by atoms with Gasteiger partial charge in [0.1, 0.15) is 0 Å². The fraction of sp³-hybridized carbons (Fsp3) is 0.308. The van der Waals surface area contributed by atoms with Gasteiger partial charge in [-0.1, -0.05) is 36.7 Å². The van der Waals surface area contributed by atoms with Gasteiger partial charge in [-0.3, -0.25) is 0 Å². The SMILES string of the molecule is CC(CO)c1cnc(Cc2ccccc2Cl)s1. The van der Waals surface area contributed by atoms with Crippen LogP contribution in [0.15, 0.2) is 30.5 Å². The standard InChI is InChI=1S/C13H14ClNOS/c1-9(8-16)12-7-15-13(17-12)6-10-4-2-3-5-11(10)14/h2-5,7,9,16H,6,8H2,1H3. The van der Waals surface area contributed by atoms with E-state index in [1.54, 1.807) is 11.3 Å². The Bertz CT molecular complexity index is 498. The molecule has 0 amide bonds. The Kier molecular flexibility index (Phi) is 4.15. The number of hydrogen-bond donors (Lipinski definition) is 1. The van der Waals surface area contributed by atoms with Crippen molar-refractivity contribution in [2.75, 3.05) is 6.61 Å². The molecule has 0 aliphatic heterocycles. The first-order valence-electron chi connectivity index (χ1n) is 5.49. The molecule has 1 N–H and O–H groups in total. The van der Waals surface area contributed by atoms with Gasteiger partial charge in [-0.25, -0.2) is 4.98 Å². The maximum Gasteiger partial charge on any atom is 0.0972 e. The summed E-state index contributed by atoms with van der Waals surface area (Å²) in [6, 6.07) is 7.81. The zero-order valence-corrected chi connectivity index (χ0v) is 11.1. The summed E-state index contributed by atoms with van der Waals surface area (Å²) in [5, 5.41) is 10.9. The van der Waals surface area contributed by atoms with E-state index in [9.17, 15) is 0 Å². The summed E-state index contributed by atoms with van der Waals surface area (Å²) in [6.45, 7) is 2.15. The van der Waals surface area contributed by atoms with E-state index in [0.29, 0.717) is 0 Å². The first kappa shape index (κ1) is 12.6. The number of benzene rings is 1. The van der Waals surface area contributed by atoms with Crippen LogP contribution in [0.3, 0.4) is 0 Å². The Hall–Kier alpha value is -0.900. The van der Waals surface area contributed by atoms with E-state index in [2.05, 4.69) is 4.98 Å². The highest BCUT2D eigenvalue weighted by molar-refractivity contribution is 7.11. The summed E-state index contributed by atoms with van der Waals surface area (Å²) in [7, 11) is 0. The van der Waals surface area contributed by atoms with Crippen molar-refractivity contribution in [3.8, 4) is 0 Å². The lowest BCUT2D eigenvalue weighted by molar-refractivity contribution is 0.274. The molecule has 2 nitrogen and oxygen atoms in total. The first-order chi connectivity index (χ1) is 8.20. The van der Waals surface area contributed by atoms with Gasteiger partial charge in [-0.05, 0) is 11.6 Å². The van der Waals surface area contributed by atoms with Crippen molar-refractivity contribution in [2.45, 2.75) is 19.3 Å². The van der Waals surface area contributed by atoms with Crippen molar-refractivity contribution in [1.82, 2.24) is 4.98 Å². The lowest BCUT2D eigenvalue weighted by Gasteiger charge is -2.02. The third-order valence-corrected chi connectivity index (χ3v) is 4.23. The summed E-state index contributed by atoms with van der Waals surface area (Å²) in [5.74, 6) is 0.160. The molecule has 0 saturated carbocycles. The van der Waals surface area contributed by atoms with Crippen LogP contribution >= 0.6 is 22.9 Å². The molecule has 2 rings (SSSR count). The predicted octanol–water partition coefficient (Wildman–Crippen LogP) is 3.48. The van der Waals surface area contributed by atoms with E-state index < -0.39 is 0 Å². The van der Waals surface area contributed by atoms with E-state index in [0.717, 1.165) is 26.9 Å². The lowest BCUT2D eigenvalue weighted by atomic mass is 10.1. The van der Waals surface area contributed by atoms with Crippen LogP contribution in [0.4, 0.5) is 0 Å². The van der Waals surface area contributed by atoms with E-state index in [1.165, 1.54) is 0 Å². The van der Waals surface area contributed by atoms with Gasteiger partial charge in [-0.15, -0.1) is 11.3 Å². The molecule has 1 heterocycles. The third-order valence-electron chi connectivity index (χ3n) is 2.63. The summed E-state index contributed by atoms with van der Waals surface area (Å²) >= 11 is 7.75. The van der Waals surface area contributed by atoms with Crippen LogP contribution in [0.2, 0.25) is 5.02 Å². The first-order valence-corrected chi connectivity index (χ1v) is 6.69. The molecule has 0 saturated heterocycles. The molecule has 1 aromatic carbocycles. The van der Waals surface area contributed by atoms with Gasteiger partial charge in [0.15, 0.2) is 0 Å². The smallest absolute Gasteiger partial charge is 0.0972 e. The minimum atomic E-state index is 0.160. The van der Waals surface area contributed by atoms with Crippen LogP contribution < -0.4 is 0 Å². The molecule has 90 valence electrons. The Morgan fingerprint density at radius 1 is 1.41 bits per heavy atom. The van der Waals surface area contributed by atoms with Gasteiger partial charge >= 0.3 is 0 Å². The molecule has 0 radical (unpaired) electrons. The average Bonchev–Trinajstić information content (AvgIpc) is 2.80. The molecule has 0 aliphatic carbocycles. The average molecular weight is 268 g/mol. The number of rotatable bonds is 4. The number of aliphatic hydroxyl groups is 1. The van der Waals surface area contributed by atoms with Crippen molar-refractivity contribution >= 4 is 22.9 Å². The molecule has 1 aromatic heterocycles. The van der Waals surface area contributed by atoms with Crippen LogP contribution in [-0.4, -0.2) is 16.7 Å². The summed E-state index contributed by atoms with van der Waals surface area (Å²) in [6.07, 6.45) is 2.60. The second kappa shape index (κ2) is 5.63. The van der Waals surface area contributed by atoms with Crippen LogP contribution in [0.1, 0.15) is 28.3 Å². The van der Waals surface area contributed by atoms with Crippen LogP contribution in [0.25, 0.3) is 0 Å². The topological polar surface area (TPSA) is 33.1 Å². The molecule has 0 aliphatic rings. The number of aromatic nitrogens is 1. The quantitative estimate of drug-likeness (QED) is 0.920. The van der Waals surface area contributed by atoms with Crippen LogP contribution in [-0.2, 0) is 6.42 Å². The third kappa shape index (κ3) is 3.06. The molecular weight excluding hydrogens is 254 g/mol. The number of hydrogen-bond acceptors (Lipinski definition) is 3. The minimum Gasteiger partial charge on any atom is -0.396 e. The number of thiazole rings is 1. The highest BCUT2D eigenvalue weighted by atomic mass is 35.5. The van der Waals surface area contributed by atoms with Gasteiger partial charge < -0.3 is 5.11 Å². The molecule has 4 heteroatoms. The van der Waals surface area contributed by atoms with E-state index in [1.807, 2.05) is 37.4 Å². The van der Waals surface area contributed by atoms with Gasteiger partial charge in [0.25, 0.3) is 0 Å². The second-order valence-electron chi connectivity index (χ2n) is 4.01. The Labute approximate surface area is 110 Å². The maximum atomic E-state index is 9.09. The highest BCUT2D eigenvalue weighted by Crippen LogP contribution is 2.25. The van der Waals surface area contributed by atoms with E-state index in [4.69, 9.17) is 16.7 Å². The van der Waals surface area contributed by atoms with Crippen molar-refractivity contribution in [2.24, 2.45) is 0 Å². The van der Waals surface area contributed by atoms with Crippen molar-refractivity contribution in [3.63, 3.8) is 0 Å².